The number of halogens is 2. The van der Waals surface area contributed by atoms with E-state index < -0.39 is 32.4 Å². The molecule has 0 saturated carbocycles. The Labute approximate surface area is 248 Å². The van der Waals surface area contributed by atoms with Gasteiger partial charge in [0.25, 0.3) is 0 Å². The standard InChI is InChI=1S/C29H33F2N7O4S/c1-37-11-6-12-38(14-13-37)23(17-42-2)28(39)34-22-9-4-7-18-19(15-32-27(18)22)26-20(30)16-33-29(36-26)35-21-8-5-10-24(25(21)31)43(3,40)41/h4-5,7-10,15-16,23,32H,6,11-14,17H2,1-3H3,(H,34,39)(H,33,35,36). The van der Waals surface area contributed by atoms with Crippen molar-refractivity contribution in [1.29, 1.82) is 0 Å². The van der Waals surface area contributed by atoms with Crippen LogP contribution in [0.25, 0.3) is 22.2 Å². The first kappa shape index (κ1) is 30.5. The first-order valence-corrected chi connectivity index (χ1v) is 15.6. The summed E-state index contributed by atoms with van der Waals surface area (Å²) in [6, 6.07) is 8.63. The van der Waals surface area contributed by atoms with Gasteiger partial charge in [-0.05, 0) is 38.2 Å². The van der Waals surface area contributed by atoms with E-state index in [0.717, 1.165) is 51.1 Å². The fourth-order valence-electron chi connectivity index (χ4n) is 5.18. The minimum Gasteiger partial charge on any atom is -0.383 e. The average molecular weight is 614 g/mol. The monoisotopic (exact) mass is 613 g/mol. The van der Waals surface area contributed by atoms with Gasteiger partial charge in [-0.15, -0.1) is 0 Å². The third-order valence-corrected chi connectivity index (χ3v) is 8.52. The summed E-state index contributed by atoms with van der Waals surface area (Å²) < 4.78 is 59.2. The van der Waals surface area contributed by atoms with Gasteiger partial charge in [0.1, 0.15) is 16.6 Å². The van der Waals surface area contributed by atoms with Gasteiger partial charge in [-0.3, -0.25) is 9.69 Å². The highest BCUT2D eigenvalue weighted by Crippen LogP contribution is 2.34. The number of H-pyrrole nitrogens is 1. The SMILES string of the molecule is COCC(C(=O)Nc1cccc2c(-c3nc(Nc4cccc(S(C)(=O)=O)c4F)ncc3F)c[nH]c12)N1CCCN(C)CC1. The minimum atomic E-state index is -3.82. The van der Waals surface area contributed by atoms with Crippen molar-refractivity contribution in [2.75, 3.05) is 63.8 Å². The van der Waals surface area contributed by atoms with Crippen molar-refractivity contribution in [3.05, 3.63) is 60.4 Å². The number of anilines is 3. The van der Waals surface area contributed by atoms with E-state index in [-0.39, 0.29) is 29.8 Å². The van der Waals surface area contributed by atoms with E-state index in [1.165, 1.54) is 12.1 Å². The first-order valence-electron chi connectivity index (χ1n) is 13.7. The van der Waals surface area contributed by atoms with Crippen molar-refractivity contribution in [2.45, 2.75) is 17.4 Å². The maximum atomic E-state index is 15.1. The van der Waals surface area contributed by atoms with Crippen LogP contribution in [0.3, 0.4) is 0 Å². The smallest absolute Gasteiger partial charge is 0.244 e. The Hall–Kier alpha value is -3.98. The van der Waals surface area contributed by atoms with Crippen LogP contribution in [-0.4, -0.2) is 98.3 Å². The highest BCUT2D eigenvalue weighted by atomic mass is 32.2. The number of likely N-dealkylation sites (N-methyl/N-ethyl adjacent to an activating group) is 1. The van der Waals surface area contributed by atoms with Crippen molar-refractivity contribution in [3.8, 4) is 11.3 Å². The van der Waals surface area contributed by atoms with Gasteiger partial charge in [0, 0.05) is 50.1 Å². The third kappa shape index (κ3) is 6.67. The number of hydrogen-bond acceptors (Lipinski definition) is 9. The Kier molecular flexibility index (Phi) is 9.01. The molecule has 1 amide bonds. The zero-order valence-corrected chi connectivity index (χ0v) is 24.8. The number of ether oxygens (including phenoxy) is 1. The van der Waals surface area contributed by atoms with Crippen LogP contribution < -0.4 is 10.6 Å². The molecule has 2 aromatic carbocycles. The first-order chi connectivity index (χ1) is 20.6. The van der Waals surface area contributed by atoms with Gasteiger partial charge < -0.3 is 25.3 Å². The second kappa shape index (κ2) is 12.7. The lowest BCUT2D eigenvalue weighted by Crippen LogP contribution is -2.48. The summed E-state index contributed by atoms with van der Waals surface area (Å²) in [5, 5.41) is 6.25. The molecular formula is C29H33F2N7O4S. The number of hydrogen-bond donors (Lipinski definition) is 3. The van der Waals surface area contributed by atoms with Gasteiger partial charge in [-0.1, -0.05) is 18.2 Å². The van der Waals surface area contributed by atoms with Crippen LogP contribution in [0.1, 0.15) is 6.42 Å². The molecule has 14 heteroatoms. The van der Waals surface area contributed by atoms with E-state index in [2.05, 4.69) is 42.4 Å². The van der Waals surface area contributed by atoms with Gasteiger partial charge in [0.15, 0.2) is 21.5 Å². The molecule has 1 aliphatic rings. The number of rotatable bonds is 9. The van der Waals surface area contributed by atoms with Crippen LogP contribution in [0.2, 0.25) is 0 Å². The Morgan fingerprint density at radius 1 is 1.12 bits per heavy atom. The van der Waals surface area contributed by atoms with E-state index >= 15 is 4.39 Å². The van der Waals surface area contributed by atoms with E-state index in [4.69, 9.17) is 4.74 Å². The molecule has 3 heterocycles. The lowest BCUT2D eigenvalue weighted by Gasteiger charge is -2.29. The summed E-state index contributed by atoms with van der Waals surface area (Å²) in [6.45, 7) is 3.55. The maximum Gasteiger partial charge on any atom is 0.244 e. The second-order valence-corrected chi connectivity index (χ2v) is 12.5. The molecule has 1 saturated heterocycles. The largest absolute Gasteiger partial charge is 0.383 e. The predicted octanol–water partition coefficient (Wildman–Crippen LogP) is 3.64. The van der Waals surface area contributed by atoms with Crippen LogP contribution in [0.15, 0.2) is 53.7 Å². The number of methoxy groups -OCH3 is 1. The van der Waals surface area contributed by atoms with Crippen LogP contribution in [0, 0.1) is 11.6 Å². The summed E-state index contributed by atoms with van der Waals surface area (Å²) in [5.41, 5.74) is 1.22. The van der Waals surface area contributed by atoms with Gasteiger partial charge in [0.2, 0.25) is 11.9 Å². The molecule has 1 unspecified atom stereocenters. The van der Waals surface area contributed by atoms with Crippen LogP contribution >= 0.6 is 0 Å². The molecule has 5 rings (SSSR count). The Bertz CT molecular complexity index is 1750. The van der Waals surface area contributed by atoms with E-state index in [1.807, 2.05) is 0 Å². The Morgan fingerprint density at radius 2 is 1.88 bits per heavy atom. The Balaban J connectivity index is 1.43. The molecule has 1 fully saturated rings. The van der Waals surface area contributed by atoms with Crippen LogP contribution in [0.5, 0.6) is 0 Å². The molecule has 0 spiro atoms. The summed E-state index contributed by atoms with van der Waals surface area (Å²) in [6.07, 6.45) is 4.36. The summed E-state index contributed by atoms with van der Waals surface area (Å²) >= 11 is 0. The van der Waals surface area contributed by atoms with E-state index in [0.29, 0.717) is 22.2 Å². The summed E-state index contributed by atoms with van der Waals surface area (Å²) in [7, 11) is -0.186. The molecule has 3 N–H and O–H groups in total. The van der Waals surface area contributed by atoms with Gasteiger partial charge in [0.05, 0.1) is 29.7 Å². The van der Waals surface area contributed by atoms with Crippen molar-refractivity contribution in [1.82, 2.24) is 24.8 Å². The zero-order valence-electron chi connectivity index (χ0n) is 24.0. The lowest BCUT2D eigenvalue weighted by molar-refractivity contribution is -0.123. The van der Waals surface area contributed by atoms with E-state index in [9.17, 15) is 17.6 Å². The van der Waals surface area contributed by atoms with Gasteiger partial charge in [-0.25, -0.2) is 27.2 Å². The number of carbonyl (C=O) groups is 1. The number of benzene rings is 2. The average Bonchev–Trinajstić information content (AvgIpc) is 3.28. The molecule has 0 radical (unpaired) electrons. The number of aromatic nitrogens is 3. The number of para-hydroxylation sites is 1. The highest BCUT2D eigenvalue weighted by molar-refractivity contribution is 7.90. The number of nitrogens with one attached hydrogen (secondary N) is 3. The number of nitrogens with zero attached hydrogens (tertiary/aromatic N) is 4. The van der Waals surface area contributed by atoms with Crippen LogP contribution in [-0.2, 0) is 19.4 Å². The summed E-state index contributed by atoms with van der Waals surface area (Å²) in [4.78, 5) is 28.6. The number of aromatic amines is 1. The van der Waals surface area contributed by atoms with Crippen LogP contribution in [0.4, 0.5) is 26.1 Å². The van der Waals surface area contributed by atoms with Gasteiger partial charge >= 0.3 is 0 Å². The molecular weight excluding hydrogens is 580 g/mol. The zero-order chi connectivity index (χ0) is 30.7. The Morgan fingerprint density at radius 3 is 2.65 bits per heavy atom. The highest BCUT2D eigenvalue weighted by Gasteiger charge is 2.28. The molecule has 1 atom stereocenters. The van der Waals surface area contributed by atoms with Crippen molar-refractivity contribution >= 4 is 44.0 Å². The molecule has 2 aromatic heterocycles. The van der Waals surface area contributed by atoms with Gasteiger partial charge in [-0.2, -0.15) is 0 Å². The predicted molar refractivity (Wildman–Crippen MR) is 160 cm³/mol. The van der Waals surface area contributed by atoms with Crippen molar-refractivity contribution in [2.24, 2.45) is 0 Å². The molecule has 0 bridgehead atoms. The molecule has 43 heavy (non-hydrogen) atoms. The number of sulfone groups is 1. The number of carbonyl (C=O) groups excluding carboxylic acids is 1. The molecule has 0 aliphatic carbocycles. The quantitative estimate of drug-likeness (QED) is 0.259. The third-order valence-electron chi connectivity index (χ3n) is 7.40. The summed E-state index contributed by atoms with van der Waals surface area (Å²) in [5.74, 6) is -2.07. The fourth-order valence-corrected chi connectivity index (χ4v) is 5.95. The fraction of sp³-hybridized carbons (Fsp3) is 0.345. The lowest BCUT2D eigenvalue weighted by atomic mass is 10.1. The number of fused-ring (bicyclic) bond motifs is 1. The van der Waals surface area contributed by atoms with Crippen molar-refractivity contribution < 1.29 is 26.7 Å². The molecule has 4 aromatic rings. The van der Waals surface area contributed by atoms with E-state index in [1.54, 1.807) is 31.5 Å². The molecule has 1 aliphatic heterocycles. The molecule has 11 nitrogen and oxygen atoms in total. The minimum absolute atomic E-state index is 0.0714. The topological polar surface area (TPSA) is 133 Å². The number of amides is 1. The molecule has 228 valence electrons. The van der Waals surface area contributed by atoms with Crippen molar-refractivity contribution in [3.63, 3.8) is 0 Å². The maximum absolute atomic E-state index is 15.1. The normalized spacial score (nSPS) is 15.7. The second-order valence-electron chi connectivity index (χ2n) is 10.5.